The van der Waals surface area contributed by atoms with Crippen LogP contribution in [0, 0.1) is 35.0 Å². The summed E-state index contributed by atoms with van der Waals surface area (Å²) in [7, 11) is 0. The van der Waals surface area contributed by atoms with E-state index in [2.05, 4.69) is 20.8 Å². The highest BCUT2D eigenvalue weighted by atomic mass is 16.7. The van der Waals surface area contributed by atoms with E-state index < -0.39 is 6.16 Å². The molecule has 0 saturated heterocycles. The number of fused-ring (bicyclic) bond motifs is 5. The van der Waals surface area contributed by atoms with Gasteiger partial charge in [-0.05, 0) is 80.6 Å². The van der Waals surface area contributed by atoms with Gasteiger partial charge >= 0.3 is 6.16 Å². The summed E-state index contributed by atoms with van der Waals surface area (Å²) in [5.41, 5.74) is 1.50. The Hall–Kier alpha value is -1.32. The van der Waals surface area contributed by atoms with E-state index in [1.54, 1.807) is 0 Å². The maximum Gasteiger partial charge on any atom is 0.508 e. The van der Waals surface area contributed by atoms with Crippen LogP contribution in [-0.4, -0.2) is 24.6 Å². The van der Waals surface area contributed by atoms with Gasteiger partial charge < -0.3 is 9.47 Å². The number of unbranched alkanes of at least 4 members (excludes halogenated alkanes) is 9. The van der Waals surface area contributed by atoms with Crippen LogP contribution in [0.15, 0.2) is 11.6 Å². The van der Waals surface area contributed by atoms with Crippen LogP contribution >= 0.6 is 0 Å². The Balaban J connectivity index is 1.18. The van der Waals surface area contributed by atoms with Crippen molar-refractivity contribution < 1.29 is 19.1 Å². The summed E-state index contributed by atoms with van der Waals surface area (Å²) in [5.74, 6) is 3.56. The summed E-state index contributed by atoms with van der Waals surface area (Å²) in [6, 6.07) is 0. The van der Waals surface area contributed by atoms with E-state index in [-0.39, 0.29) is 11.5 Å². The summed E-state index contributed by atoms with van der Waals surface area (Å²) in [4.78, 5) is 24.6. The molecule has 0 amide bonds. The van der Waals surface area contributed by atoms with Gasteiger partial charge in [-0.3, -0.25) is 4.79 Å². The SMILES string of the molecule is CCCCCCCCCCCCOC(=O)OC1CCC2C3C(C)CC4=CC(=O)CCC4C3CCC12C. The number of carbonyl (C=O) groups is 2. The van der Waals surface area contributed by atoms with Crippen LogP contribution in [-0.2, 0) is 14.3 Å². The quantitative estimate of drug-likeness (QED) is 0.198. The Morgan fingerprint density at radius 2 is 1.67 bits per heavy atom. The Bertz CT molecular complexity index is 772. The molecule has 4 heteroatoms. The van der Waals surface area contributed by atoms with Crippen LogP contribution in [0.5, 0.6) is 0 Å². The fourth-order valence-corrected chi connectivity index (χ4v) is 8.63. The molecule has 4 rings (SSSR count). The molecule has 4 nitrogen and oxygen atoms in total. The third-order valence-electron chi connectivity index (χ3n) is 10.5. The Labute approximate surface area is 220 Å². The molecular formula is C32H52O4. The second kappa shape index (κ2) is 13.0. The molecule has 3 fully saturated rings. The normalized spacial score (nSPS) is 35.4. The van der Waals surface area contributed by atoms with Crippen molar-refractivity contribution in [1.29, 1.82) is 0 Å². The van der Waals surface area contributed by atoms with Gasteiger partial charge in [-0.15, -0.1) is 0 Å². The first kappa shape index (κ1) is 27.7. The molecule has 0 radical (unpaired) electrons. The first-order chi connectivity index (χ1) is 17.4. The van der Waals surface area contributed by atoms with E-state index in [1.807, 2.05) is 6.08 Å². The van der Waals surface area contributed by atoms with Crippen LogP contribution in [0.2, 0.25) is 0 Å². The zero-order valence-electron chi connectivity index (χ0n) is 23.4. The second-order valence-electron chi connectivity index (χ2n) is 12.9. The average Bonchev–Trinajstić information content (AvgIpc) is 3.18. The molecule has 36 heavy (non-hydrogen) atoms. The molecular weight excluding hydrogens is 448 g/mol. The molecule has 0 aromatic carbocycles. The number of allylic oxidation sites excluding steroid dienone is 1. The minimum absolute atomic E-state index is 0.0132. The molecule has 0 aromatic heterocycles. The number of ether oxygens (including phenoxy) is 2. The summed E-state index contributed by atoms with van der Waals surface area (Å²) in [5, 5.41) is 0. The van der Waals surface area contributed by atoms with Crippen molar-refractivity contribution in [3.05, 3.63) is 11.6 Å². The van der Waals surface area contributed by atoms with Crippen LogP contribution < -0.4 is 0 Å². The molecule has 0 aromatic rings. The smallest absolute Gasteiger partial charge is 0.434 e. The lowest BCUT2D eigenvalue weighted by Gasteiger charge is -2.55. The van der Waals surface area contributed by atoms with Gasteiger partial charge in [-0.25, -0.2) is 4.79 Å². The molecule has 0 N–H and O–H groups in total. The molecule has 204 valence electrons. The molecule has 0 heterocycles. The maximum atomic E-state index is 12.6. The van der Waals surface area contributed by atoms with Crippen molar-refractivity contribution in [1.82, 2.24) is 0 Å². The number of carbonyl (C=O) groups excluding carboxylic acids is 2. The molecule has 0 bridgehead atoms. The van der Waals surface area contributed by atoms with E-state index in [4.69, 9.17) is 9.47 Å². The topological polar surface area (TPSA) is 52.6 Å². The van der Waals surface area contributed by atoms with Crippen molar-refractivity contribution in [2.24, 2.45) is 35.0 Å². The summed E-state index contributed by atoms with van der Waals surface area (Å²) >= 11 is 0. The van der Waals surface area contributed by atoms with Crippen molar-refractivity contribution in [3.8, 4) is 0 Å². The van der Waals surface area contributed by atoms with Crippen LogP contribution in [0.1, 0.15) is 130 Å². The first-order valence-corrected chi connectivity index (χ1v) is 15.5. The van der Waals surface area contributed by atoms with Gasteiger partial charge in [0.25, 0.3) is 0 Å². The number of hydrogen-bond acceptors (Lipinski definition) is 4. The van der Waals surface area contributed by atoms with Gasteiger partial charge in [0.2, 0.25) is 0 Å². The highest BCUT2D eigenvalue weighted by molar-refractivity contribution is 5.91. The Kier molecular flexibility index (Phi) is 9.98. The lowest BCUT2D eigenvalue weighted by atomic mass is 9.49. The molecule has 4 aliphatic rings. The van der Waals surface area contributed by atoms with E-state index in [0.717, 1.165) is 51.4 Å². The average molecular weight is 501 g/mol. The maximum absolute atomic E-state index is 12.6. The monoisotopic (exact) mass is 500 g/mol. The van der Waals surface area contributed by atoms with Gasteiger partial charge in [0, 0.05) is 11.8 Å². The molecule has 4 aliphatic carbocycles. The van der Waals surface area contributed by atoms with E-state index >= 15 is 0 Å². The fourth-order valence-electron chi connectivity index (χ4n) is 8.63. The second-order valence-corrected chi connectivity index (χ2v) is 12.9. The largest absolute Gasteiger partial charge is 0.508 e. The number of rotatable bonds is 12. The van der Waals surface area contributed by atoms with Crippen LogP contribution in [0.3, 0.4) is 0 Å². The zero-order chi connectivity index (χ0) is 25.5. The molecule has 0 spiro atoms. The van der Waals surface area contributed by atoms with Gasteiger partial charge in [0.05, 0.1) is 6.61 Å². The number of ketones is 1. The Morgan fingerprint density at radius 1 is 0.972 bits per heavy atom. The van der Waals surface area contributed by atoms with Crippen molar-refractivity contribution in [2.45, 2.75) is 136 Å². The summed E-state index contributed by atoms with van der Waals surface area (Å²) in [6.45, 7) is 7.52. The van der Waals surface area contributed by atoms with E-state index in [1.165, 1.54) is 63.4 Å². The third kappa shape index (κ3) is 6.38. The molecule has 3 saturated carbocycles. The lowest BCUT2D eigenvalue weighted by molar-refractivity contribution is -0.116. The summed E-state index contributed by atoms with van der Waals surface area (Å²) < 4.78 is 11.5. The molecule has 0 aliphatic heterocycles. The molecule has 7 unspecified atom stereocenters. The predicted octanol–water partition coefficient (Wildman–Crippen LogP) is 8.82. The van der Waals surface area contributed by atoms with Gasteiger partial charge in [-0.2, -0.15) is 0 Å². The van der Waals surface area contributed by atoms with Crippen LogP contribution in [0.4, 0.5) is 4.79 Å². The van der Waals surface area contributed by atoms with Crippen molar-refractivity contribution in [2.75, 3.05) is 6.61 Å². The minimum Gasteiger partial charge on any atom is -0.434 e. The third-order valence-corrected chi connectivity index (χ3v) is 10.5. The van der Waals surface area contributed by atoms with Gasteiger partial charge in [0.1, 0.15) is 6.10 Å². The minimum atomic E-state index is -0.451. The standard InChI is InChI=1S/C32H52O4/c1-4-5-6-7-8-9-10-11-12-13-20-35-31(34)36-29-17-16-28-30-23(2)21-24-22-25(33)14-15-26(24)27(30)18-19-32(28,29)3/h22-23,26-30H,4-21H2,1-3H3. The molecule has 7 atom stereocenters. The van der Waals surface area contributed by atoms with E-state index in [0.29, 0.717) is 42.0 Å². The highest BCUT2D eigenvalue weighted by Crippen LogP contribution is 2.63. The highest BCUT2D eigenvalue weighted by Gasteiger charge is 2.59. The van der Waals surface area contributed by atoms with E-state index in [9.17, 15) is 9.59 Å². The van der Waals surface area contributed by atoms with Gasteiger partial charge in [0.15, 0.2) is 5.78 Å². The number of hydrogen-bond donors (Lipinski definition) is 0. The summed E-state index contributed by atoms with van der Waals surface area (Å²) in [6.07, 6.45) is 21.6. The first-order valence-electron chi connectivity index (χ1n) is 15.5. The van der Waals surface area contributed by atoms with Crippen molar-refractivity contribution >= 4 is 11.9 Å². The van der Waals surface area contributed by atoms with Crippen molar-refractivity contribution in [3.63, 3.8) is 0 Å². The Morgan fingerprint density at radius 3 is 2.39 bits per heavy atom. The van der Waals surface area contributed by atoms with Gasteiger partial charge in [-0.1, -0.05) is 84.1 Å². The zero-order valence-corrected chi connectivity index (χ0v) is 23.4. The van der Waals surface area contributed by atoms with Crippen LogP contribution in [0.25, 0.3) is 0 Å². The predicted molar refractivity (Wildman–Crippen MR) is 145 cm³/mol. The fraction of sp³-hybridized carbons (Fsp3) is 0.875. The lowest BCUT2D eigenvalue weighted by Crippen LogP contribution is -2.50.